The zero-order valence-corrected chi connectivity index (χ0v) is 14.8. The van der Waals surface area contributed by atoms with Crippen LogP contribution in [0.3, 0.4) is 0 Å². The molecule has 0 aliphatic rings. The number of hydrogen-bond donors (Lipinski definition) is 1. The average Bonchev–Trinajstić information content (AvgIpc) is 3.20. The smallest absolute Gasteiger partial charge is 0.416 e. The monoisotopic (exact) mass is 434 g/mol. The summed E-state index contributed by atoms with van der Waals surface area (Å²) in [4.78, 5) is 23.1. The summed E-state index contributed by atoms with van der Waals surface area (Å²) in [5, 5.41) is 14.0. The molecule has 13 heteroatoms. The minimum atomic E-state index is -4.74. The van der Waals surface area contributed by atoms with Crippen molar-refractivity contribution in [3.05, 3.63) is 67.7 Å². The van der Waals surface area contributed by atoms with Crippen LogP contribution in [0.2, 0.25) is 10.0 Å². The second-order valence-electron chi connectivity index (χ2n) is 5.34. The van der Waals surface area contributed by atoms with Gasteiger partial charge in [-0.1, -0.05) is 23.2 Å². The van der Waals surface area contributed by atoms with Crippen molar-refractivity contribution < 1.29 is 27.3 Å². The SMILES string of the molecule is Nc1nn(-c2c(Cl)cc(C(F)(F)F)cc2Cl)c(C(=O)c2ccco2)c1[N+](=O)[O-]. The molecule has 0 fully saturated rings. The molecule has 0 atom stereocenters. The topological polar surface area (TPSA) is 117 Å². The van der Waals surface area contributed by atoms with Crippen LogP contribution in [-0.4, -0.2) is 20.5 Å². The number of ketones is 1. The van der Waals surface area contributed by atoms with Gasteiger partial charge in [-0.05, 0) is 24.3 Å². The molecule has 1 aromatic carbocycles. The molecule has 0 aliphatic carbocycles. The number of alkyl halides is 3. The minimum absolute atomic E-state index is 0.289. The van der Waals surface area contributed by atoms with Crippen molar-refractivity contribution in [1.82, 2.24) is 9.78 Å². The van der Waals surface area contributed by atoms with Gasteiger partial charge in [0.15, 0.2) is 11.5 Å². The highest BCUT2D eigenvalue weighted by Gasteiger charge is 2.37. The Balaban J connectivity index is 2.31. The maximum atomic E-state index is 12.9. The van der Waals surface area contributed by atoms with E-state index in [4.69, 9.17) is 33.4 Å². The first-order valence-corrected chi connectivity index (χ1v) is 7.95. The third kappa shape index (κ3) is 3.29. The van der Waals surface area contributed by atoms with Crippen molar-refractivity contribution in [3.8, 4) is 5.69 Å². The number of nitro groups is 1. The van der Waals surface area contributed by atoms with E-state index < -0.39 is 49.7 Å². The Kier molecular flexibility index (Phi) is 4.81. The number of furan rings is 1. The fourth-order valence-electron chi connectivity index (χ4n) is 2.43. The summed E-state index contributed by atoms with van der Waals surface area (Å²) in [7, 11) is 0. The molecule has 3 aromatic rings. The van der Waals surface area contributed by atoms with E-state index in [1.807, 2.05) is 0 Å². The Morgan fingerprint density at radius 3 is 2.36 bits per heavy atom. The number of anilines is 1. The van der Waals surface area contributed by atoms with E-state index >= 15 is 0 Å². The molecule has 0 spiro atoms. The van der Waals surface area contributed by atoms with Crippen LogP contribution in [-0.2, 0) is 6.18 Å². The predicted octanol–water partition coefficient (Wildman–Crippen LogP) is 4.51. The van der Waals surface area contributed by atoms with Crippen molar-refractivity contribution in [2.75, 3.05) is 5.73 Å². The summed E-state index contributed by atoms with van der Waals surface area (Å²) in [6.07, 6.45) is -3.59. The first kappa shape index (κ1) is 19.7. The van der Waals surface area contributed by atoms with Crippen molar-refractivity contribution in [1.29, 1.82) is 0 Å². The van der Waals surface area contributed by atoms with Crippen LogP contribution in [0.4, 0.5) is 24.7 Å². The molecule has 2 aromatic heterocycles. The Labute approximate surface area is 163 Å². The van der Waals surface area contributed by atoms with Gasteiger partial charge in [-0.25, -0.2) is 4.68 Å². The Morgan fingerprint density at radius 2 is 1.89 bits per heavy atom. The van der Waals surface area contributed by atoms with E-state index in [9.17, 15) is 28.1 Å². The van der Waals surface area contributed by atoms with Gasteiger partial charge < -0.3 is 10.2 Å². The molecule has 146 valence electrons. The second kappa shape index (κ2) is 6.84. The van der Waals surface area contributed by atoms with Crippen LogP contribution in [0.15, 0.2) is 34.9 Å². The molecule has 0 bridgehead atoms. The fourth-order valence-corrected chi connectivity index (χ4v) is 3.08. The lowest BCUT2D eigenvalue weighted by atomic mass is 10.1. The molecule has 3 rings (SSSR count). The third-order valence-corrected chi connectivity index (χ3v) is 4.16. The number of halogens is 5. The van der Waals surface area contributed by atoms with E-state index in [0.717, 1.165) is 6.26 Å². The predicted molar refractivity (Wildman–Crippen MR) is 91.8 cm³/mol. The third-order valence-electron chi connectivity index (χ3n) is 3.59. The minimum Gasteiger partial charge on any atom is -0.461 e. The fraction of sp³-hybridized carbons (Fsp3) is 0.0667. The van der Waals surface area contributed by atoms with Crippen molar-refractivity contribution in [3.63, 3.8) is 0 Å². The van der Waals surface area contributed by atoms with Crippen LogP contribution in [0.1, 0.15) is 21.8 Å². The molecular formula is C15H7Cl2F3N4O4. The van der Waals surface area contributed by atoms with E-state index in [1.165, 1.54) is 12.1 Å². The number of nitrogens with two attached hydrogens (primary N) is 1. The van der Waals surface area contributed by atoms with Gasteiger partial charge in [0.25, 0.3) is 5.78 Å². The molecule has 0 amide bonds. The highest BCUT2D eigenvalue weighted by atomic mass is 35.5. The average molecular weight is 435 g/mol. The van der Waals surface area contributed by atoms with Gasteiger partial charge in [0.2, 0.25) is 5.82 Å². The molecule has 0 aliphatic heterocycles. The summed E-state index contributed by atoms with van der Waals surface area (Å²) in [5.41, 5.74) is 2.47. The van der Waals surface area contributed by atoms with Crippen molar-refractivity contribution in [2.45, 2.75) is 6.18 Å². The lowest BCUT2D eigenvalue weighted by Gasteiger charge is -2.13. The second-order valence-corrected chi connectivity index (χ2v) is 6.16. The summed E-state index contributed by atoms with van der Waals surface area (Å²) < 4.78 is 44.4. The number of carbonyl (C=O) groups excluding carboxylic acids is 1. The Morgan fingerprint density at radius 1 is 1.29 bits per heavy atom. The van der Waals surface area contributed by atoms with Crippen LogP contribution in [0, 0.1) is 10.1 Å². The zero-order valence-electron chi connectivity index (χ0n) is 13.3. The van der Waals surface area contributed by atoms with Crippen molar-refractivity contribution >= 4 is 40.5 Å². The first-order valence-electron chi connectivity index (χ1n) is 7.20. The maximum Gasteiger partial charge on any atom is 0.416 e. The van der Waals surface area contributed by atoms with Crippen LogP contribution in [0.25, 0.3) is 5.69 Å². The quantitative estimate of drug-likeness (QED) is 0.366. The Hall–Kier alpha value is -3.05. The summed E-state index contributed by atoms with van der Waals surface area (Å²) in [6, 6.07) is 3.69. The largest absolute Gasteiger partial charge is 0.461 e. The molecule has 0 saturated heterocycles. The van der Waals surface area contributed by atoms with Gasteiger partial charge in [-0.2, -0.15) is 13.2 Å². The summed E-state index contributed by atoms with van der Waals surface area (Å²) >= 11 is 11.9. The number of nitrogens with zero attached hydrogens (tertiary/aromatic N) is 3. The van der Waals surface area contributed by atoms with Crippen LogP contribution in [0.5, 0.6) is 0 Å². The van der Waals surface area contributed by atoms with E-state index in [-0.39, 0.29) is 11.4 Å². The first-order chi connectivity index (χ1) is 13.0. The number of carbonyl (C=O) groups is 1. The lowest BCUT2D eigenvalue weighted by molar-refractivity contribution is -0.384. The molecular weight excluding hydrogens is 428 g/mol. The lowest BCUT2D eigenvalue weighted by Crippen LogP contribution is -2.13. The highest BCUT2D eigenvalue weighted by Crippen LogP contribution is 2.40. The number of rotatable bonds is 4. The molecule has 28 heavy (non-hydrogen) atoms. The van der Waals surface area contributed by atoms with Gasteiger partial charge >= 0.3 is 11.9 Å². The van der Waals surface area contributed by atoms with Gasteiger partial charge in [0, 0.05) is 0 Å². The van der Waals surface area contributed by atoms with E-state index in [2.05, 4.69) is 5.10 Å². The standard InChI is InChI=1S/C15H7Cl2F3N4O4/c16-7-4-6(15(18,19)20)5-8(17)10(7)23-11(12(24(26)27)14(21)22-23)13(25)9-2-1-3-28-9/h1-5H,(H2,21,22). The molecule has 2 N–H and O–H groups in total. The molecule has 8 nitrogen and oxygen atoms in total. The zero-order chi connectivity index (χ0) is 20.8. The van der Waals surface area contributed by atoms with Gasteiger partial charge in [0.1, 0.15) is 5.69 Å². The number of hydrogen-bond acceptors (Lipinski definition) is 6. The van der Waals surface area contributed by atoms with Crippen LogP contribution >= 0.6 is 23.2 Å². The summed E-state index contributed by atoms with van der Waals surface area (Å²) in [6.45, 7) is 0. The Bertz CT molecular complexity index is 1070. The molecule has 0 unspecified atom stereocenters. The number of nitrogen functional groups attached to an aromatic ring is 1. The van der Waals surface area contributed by atoms with E-state index in [0.29, 0.717) is 16.8 Å². The molecule has 0 radical (unpaired) electrons. The highest BCUT2D eigenvalue weighted by molar-refractivity contribution is 6.38. The van der Waals surface area contributed by atoms with E-state index in [1.54, 1.807) is 0 Å². The molecule has 0 saturated carbocycles. The summed E-state index contributed by atoms with van der Waals surface area (Å²) in [5.74, 6) is -1.94. The van der Waals surface area contributed by atoms with Gasteiger partial charge in [0.05, 0.1) is 26.8 Å². The van der Waals surface area contributed by atoms with Crippen molar-refractivity contribution in [2.24, 2.45) is 0 Å². The normalized spacial score (nSPS) is 11.6. The van der Waals surface area contributed by atoms with Crippen LogP contribution < -0.4 is 5.73 Å². The number of aromatic nitrogens is 2. The maximum absolute atomic E-state index is 12.9. The van der Waals surface area contributed by atoms with Gasteiger partial charge in [-0.3, -0.25) is 14.9 Å². The number of benzene rings is 1. The van der Waals surface area contributed by atoms with Gasteiger partial charge in [-0.15, -0.1) is 5.10 Å². The molecule has 2 heterocycles.